The summed E-state index contributed by atoms with van der Waals surface area (Å²) in [5.41, 5.74) is 1.60. The largest absolute Gasteiger partial charge is 0.785 e. The third kappa shape index (κ3) is 7.22. The summed E-state index contributed by atoms with van der Waals surface area (Å²) >= 11 is 0. The smallest absolute Gasteiger partial charge is 0.230 e. The number of carbonyl (C=O) groups excluding carboxylic acids is 1. The van der Waals surface area contributed by atoms with Crippen LogP contribution in [-0.2, 0) is 11.2 Å². The molecule has 0 saturated carbocycles. The predicted molar refractivity (Wildman–Crippen MR) is 141 cm³/mol. The maximum atomic E-state index is 13.3. The average molecular weight is 523 g/mol. The van der Waals surface area contributed by atoms with Crippen molar-refractivity contribution in [3.05, 3.63) is 71.6 Å². The van der Waals surface area contributed by atoms with Crippen LogP contribution < -0.4 is 15.4 Å². The zero-order valence-electron chi connectivity index (χ0n) is 20.9. The number of carbonyl (C=O) groups is 1. The number of rotatable bonds is 13. The molecule has 2 heterocycles. The minimum atomic E-state index is -0.429. The fraction of sp³-hybridized carbons (Fsp3) is 0.308. The number of halogens is 1. The Hall–Kier alpha value is -4.13. The molecule has 1 amide bonds. The van der Waals surface area contributed by atoms with Crippen LogP contribution in [-0.4, -0.2) is 62.0 Å². The number of hydrogen-bond donors (Lipinski definition) is 4. The summed E-state index contributed by atoms with van der Waals surface area (Å²) in [7, 11) is 0. The lowest BCUT2D eigenvalue weighted by atomic mass is 10.1. The van der Waals surface area contributed by atoms with Gasteiger partial charge in [-0.25, -0.2) is 14.4 Å². The number of fused-ring (bicyclic) bond motifs is 1. The minimum absolute atomic E-state index is 0.0272. The topological polar surface area (TPSA) is 151 Å². The predicted octanol–water partition coefficient (Wildman–Crippen LogP) is 3.76. The quantitative estimate of drug-likeness (QED) is 0.192. The molecule has 0 aliphatic carbocycles. The summed E-state index contributed by atoms with van der Waals surface area (Å²) in [5, 5.41) is 35.4. The number of aliphatic hydroxyl groups is 1. The molecule has 11 nitrogen and oxygen atoms in total. The molecule has 1 unspecified atom stereocenters. The van der Waals surface area contributed by atoms with Crippen LogP contribution in [0.4, 0.5) is 21.7 Å². The van der Waals surface area contributed by atoms with Gasteiger partial charge in [0.15, 0.2) is 5.82 Å². The molecule has 0 saturated heterocycles. The Morgan fingerprint density at radius 3 is 2.89 bits per heavy atom. The molecule has 4 rings (SSSR count). The maximum absolute atomic E-state index is 13.3. The van der Waals surface area contributed by atoms with Gasteiger partial charge >= 0.3 is 0 Å². The van der Waals surface area contributed by atoms with E-state index in [-0.39, 0.29) is 31.5 Å². The first kappa shape index (κ1) is 26.9. The minimum Gasteiger partial charge on any atom is -0.785 e. The zero-order chi connectivity index (χ0) is 26.9. The number of ether oxygens (including phenoxy) is 1. The molecular formula is C26H29FN7O4-. The molecule has 4 N–H and O–H groups in total. The number of aromatic nitrogens is 4. The number of nitrogens with one attached hydrogen (secondary N) is 3. The van der Waals surface area contributed by atoms with E-state index in [0.29, 0.717) is 53.7 Å². The van der Waals surface area contributed by atoms with E-state index in [1.165, 1.54) is 24.5 Å². The second kappa shape index (κ2) is 12.9. The summed E-state index contributed by atoms with van der Waals surface area (Å²) in [6.45, 7) is 2.19. The van der Waals surface area contributed by atoms with Crippen molar-refractivity contribution < 1.29 is 19.0 Å². The number of benzene rings is 2. The van der Waals surface area contributed by atoms with Crippen molar-refractivity contribution in [3.8, 4) is 5.75 Å². The Kier molecular flexibility index (Phi) is 9.14. The number of anilines is 3. The van der Waals surface area contributed by atoms with Gasteiger partial charge in [-0.05, 0) is 43.2 Å². The lowest BCUT2D eigenvalue weighted by molar-refractivity contribution is -0.115. The fourth-order valence-electron chi connectivity index (χ4n) is 3.95. The highest BCUT2D eigenvalue weighted by molar-refractivity contribution is 5.93. The number of amides is 1. The Balaban J connectivity index is 1.35. The van der Waals surface area contributed by atoms with Crippen LogP contribution >= 0.6 is 0 Å². The molecule has 0 aliphatic heterocycles. The molecule has 38 heavy (non-hydrogen) atoms. The van der Waals surface area contributed by atoms with E-state index in [9.17, 15) is 14.4 Å². The second-order valence-corrected chi connectivity index (χ2v) is 8.60. The normalized spacial score (nSPS) is 12.0. The van der Waals surface area contributed by atoms with Gasteiger partial charge in [0.1, 0.15) is 23.7 Å². The van der Waals surface area contributed by atoms with E-state index < -0.39 is 5.82 Å². The summed E-state index contributed by atoms with van der Waals surface area (Å²) in [6, 6.07) is 12.6. The van der Waals surface area contributed by atoms with Crippen LogP contribution in [0.1, 0.15) is 25.5 Å². The van der Waals surface area contributed by atoms with E-state index >= 15 is 0 Å². The van der Waals surface area contributed by atoms with E-state index in [0.717, 1.165) is 10.4 Å². The molecule has 2 aromatic heterocycles. The number of H-pyrrole nitrogens is 1. The number of nitrogens with zero attached hydrogens (tertiary/aromatic N) is 4. The number of aromatic amines is 1. The lowest BCUT2D eigenvalue weighted by Gasteiger charge is -2.36. The van der Waals surface area contributed by atoms with Gasteiger partial charge < -0.3 is 30.7 Å². The van der Waals surface area contributed by atoms with Crippen molar-refractivity contribution in [2.45, 2.75) is 32.2 Å². The van der Waals surface area contributed by atoms with Crippen molar-refractivity contribution in [1.29, 1.82) is 0 Å². The highest BCUT2D eigenvalue weighted by Gasteiger charge is 2.12. The van der Waals surface area contributed by atoms with Crippen LogP contribution in [0.25, 0.3) is 10.9 Å². The van der Waals surface area contributed by atoms with Crippen LogP contribution in [0.2, 0.25) is 0 Å². The third-order valence-corrected chi connectivity index (χ3v) is 5.86. The van der Waals surface area contributed by atoms with Crippen molar-refractivity contribution in [1.82, 2.24) is 25.2 Å². The Bertz CT molecular complexity index is 1370. The van der Waals surface area contributed by atoms with Gasteiger partial charge in [-0.2, -0.15) is 5.10 Å². The van der Waals surface area contributed by atoms with E-state index in [1.54, 1.807) is 24.3 Å². The van der Waals surface area contributed by atoms with Crippen LogP contribution in [0.15, 0.2) is 54.9 Å². The number of hydrogen-bond acceptors (Lipinski definition) is 9. The highest BCUT2D eigenvalue weighted by atomic mass is 19.1. The molecule has 12 heteroatoms. The molecular weight excluding hydrogens is 493 g/mol. The molecule has 0 fully saturated rings. The molecule has 4 aromatic rings. The van der Waals surface area contributed by atoms with Crippen LogP contribution in [0.5, 0.6) is 5.75 Å². The Morgan fingerprint density at radius 1 is 1.24 bits per heavy atom. The third-order valence-electron chi connectivity index (χ3n) is 5.86. The number of hydroxylamine groups is 2. The van der Waals surface area contributed by atoms with E-state index in [1.807, 2.05) is 13.0 Å². The van der Waals surface area contributed by atoms with E-state index in [2.05, 4.69) is 30.8 Å². The Labute approximate surface area is 218 Å². The SMILES string of the molecule is CCC(CCOc1ccc2c(Nc3cc(CC(=O)Nc4cccc(F)c4)[nH]n3)ncnc2c1)N([O-])CCO. The Morgan fingerprint density at radius 2 is 2.11 bits per heavy atom. The van der Waals surface area contributed by atoms with Crippen molar-refractivity contribution in [3.63, 3.8) is 0 Å². The van der Waals surface area contributed by atoms with Gasteiger partial charge in [-0.1, -0.05) is 13.0 Å². The van der Waals surface area contributed by atoms with Crippen molar-refractivity contribution >= 4 is 34.1 Å². The standard InChI is InChI=1S/C26H29FN7O4/c1-2-20(34(37)9-10-35)8-11-38-21-6-7-22-23(15-21)28-16-29-26(22)31-24-13-19(32-33-24)14-25(36)30-18-5-3-4-17(27)12-18/h3-7,12-13,15-16,20,35H,2,8-11,14H2,1H3,(H,30,36)(H2,28,29,31,32,33)/q-1. The summed E-state index contributed by atoms with van der Waals surface area (Å²) in [6.07, 6.45) is 2.65. The fourth-order valence-corrected chi connectivity index (χ4v) is 3.95. The number of aliphatic hydroxyl groups excluding tert-OH is 1. The van der Waals surface area contributed by atoms with Gasteiger partial charge in [0.05, 0.1) is 25.2 Å². The lowest BCUT2D eigenvalue weighted by Crippen LogP contribution is -2.33. The molecule has 0 radical (unpaired) electrons. The first-order valence-corrected chi connectivity index (χ1v) is 12.2. The molecule has 2 aromatic carbocycles. The van der Waals surface area contributed by atoms with Gasteiger partial charge in [0.2, 0.25) is 5.91 Å². The zero-order valence-corrected chi connectivity index (χ0v) is 20.9. The van der Waals surface area contributed by atoms with Crippen LogP contribution in [0, 0.1) is 11.0 Å². The molecule has 0 bridgehead atoms. The van der Waals surface area contributed by atoms with E-state index in [4.69, 9.17) is 9.84 Å². The van der Waals surface area contributed by atoms with Crippen molar-refractivity contribution in [2.75, 3.05) is 30.4 Å². The molecule has 0 aliphatic rings. The van der Waals surface area contributed by atoms with Crippen molar-refractivity contribution in [2.24, 2.45) is 0 Å². The molecule has 0 spiro atoms. The first-order chi connectivity index (χ1) is 18.4. The average Bonchev–Trinajstić information content (AvgIpc) is 3.33. The highest BCUT2D eigenvalue weighted by Crippen LogP contribution is 2.26. The summed E-state index contributed by atoms with van der Waals surface area (Å²) < 4.78 is 19.2. The second-order valence-electron chi connectivity index (χ2n) is 8.60. The molecule has 1 atom stereocenters. The first-order valence-electron chi connectivity index (χ1n) is 12.2. The monoisotopic (exact) mass is 522 g/mol. The van der Waals surface area contributed by atoms with Gasteiger partial charge in [-0.15, -0.1) is 0 Å². The summed E-state index contributed by atoms with van der Waals surface area (Å²) in [4.78, 5) is 20.9. The maximum Gasteiger partial charge on any atom is 0.230 e. The van der Waals surface area contributed by atoms with Gasteiger partial charge in [-0.3, -0.25) is 9.89 Å². The molecule has 200 valence electrons. The van der Waals surface area contributed by atoms with Gasteiger partial charge in [0, 0.05) is 41.5 Å². The van der Waals surface area contributed by atoms with Crippen LogP contribution in [0.3, 0.4) is 0 Å². The summed E-state index contributed by atoms with van der Waals surface area (Å²) in [5.74, 6) is 0.868. The van der Waals surface area contributed by atoms with Gasteiger partial charge in [0.25, 0.3) is 0 Å².